The predicted molar refractivity (Wildman–Crippen MR) is 127 cm³/mol. The van der Waals surface area contributed by atoms with Gasteiger partial charge in [0.25, 0.3) is 0 Å². The highest BCUT2D eigenvalue weighted by atomic mass is 35.5. The van der Waals surface area contributed by atoms with Crippen LogP contribution in [0.4, 0.5) is 0 Å². The molecule has 0 aromatic heterocycles. The summed E-state index contributed by atoms with van der Waals surface area (Å²) >= 11 is 12.0. The Morgan fingerprint density at radius 2 is 1.59 bits per heavy atom. The van der Waals surface area contributed by atoms with Gasteiger partial charge >= 0.3 is 5.97 Å². The van der Waals surface area contributed by atoms with Crippen LogP contribution in [0.25, 0.3) is 6.08 Å². The van der Waals surface area contributed by atoms with E-state index in [1.807, 2.05) is 0 Å². The van der Waals surface area contributed by atoms with E-state index in [0.717, 1.165) is 0 Å². The maximum atomic E-state index is 12.8. The lowest BCUT2D eigenvalue weighted by Gasteiger charge is -2.13. The lowest BCUT2D eigenvalue weighted by Crippen LogP contribution is -2.09. The van der Waals surface area contributed by atoms with Gasteiger partial charge in [-0.15, -0.1) is 0 Å². The van der Waals surface area contributed by atoms with Gasteiger partial charge in [-0.05, 0) is 48.0 Å². The number of ether oxygens (including phenoxy) is 5. The van der Waals surface area contributed by atoms with Crippen molar-refractivity contribution in [3.63, 3.8) is 0 Å². The Hall–Kier alpha value is -3.68. The molecule has 0 unspecified atom stereocenters. The molecule has 0 atom stereocenters. The summed E-state index contributed by atoms with van der Waals surface area (Å²) in [4.78, 5) is 25.5. The molecule has 0 spiro atoms. The van der Waals surface area contributed by atoms with Gasteiger partial charge in [0.05, 0.1) is 42.5 Å². The van der Waals surface area contributed by atoms with Crippen LogP contribution in [-0.4, -0.2) is 33.1 Å². The van der Waals surface area contributed by atoms with Crippen molar-refractivity contribution in [3.8, 4) is 28.7 Å². The Kier molecular flexibility index (Phi) is 6.68. The highest BCUT2D eigenvalue weighted by Gasteiger charge is 2.28. The van der Waals surface area contributed by atoms with Crippen molar-refractivity contribution < 1.29 is 33.3 Å². The SMILES string of the molecule is COc1cc(C(=O)Oc2ccc3c(c2)O/C(=C\c2ccc(Cl)c(Cl)c2)C3=O)cc(OC)c1OC. The highest BCUT2D eigenvalue weighted by Crippen LogP contribution is 2.39. The Morgan fingerprint density at radius 3 is 2.21 bits per heavy atom. The van der Waals surface area contributed by atoms with E-state index >= 15 is 0 Å². The summed E-state index contributed by atoms with van der Waals surface area (Å²) in [6, 6.07) is 12.4. The second kappa shape index (κ2) is 9.67. The fraction of sp³-hybridized carbons (Fsp3) is 0.120. The van der Waals surface area contributed by atoms with Crippen LogP contribution in [0, 0.1) is 0 Å². The van der Waals surface area contributed by atoms with Crippen molar-refractivity contribution in [1.29, 1.82) is 0 Å². The van der Waals surface area contributed by atoms with Crippen LogP contribution in [0.2, 0.25) is 10.0 Å². The number of benzene rings is 3. The zero-order valence-corrected chi connectivity index (χ0v) is 19.8. The molecule has 0 aliphatic carbocycles. The fourth-order valence-corrected chi connectivity index (χ4v) is 3.66. The molecule has 9 heteroatoms. The first-order chi connectivity index (χ1) is 16.3. The molecule has 1 aliphatic heterocycles. The van der Waals surface area contributed by atoms with Gasteiger partial charge in [0, 0.05) is 6.07 Å². The summed E-state index contributed by atoms with van der Waals surface area (Å²) in [7, 11) is 4.36. The van der Waals surface area contributed by atoms with Crippen LogP contribution in [-0.2, 0) is 0 Å². The van der Waals surface area contributed by atoms with E-state index in [1.54, 1.807) is 24.3 Å². The van der Waals surface area contributed by atoms with Gasteiger partial charge in [0.2, 0.25) is 11.5 Å². The van der Waals surface area contributed by atoms with Crippen LogP contribution < -0.4 is 23.7 Å². The molecule has 0 saturated carbocycles. The van der Waals surface area contributed by atoms with Gasteiger partial charge in [0.1, 0.15) is 11.5 Å². The van der Waals surface area contributed by atoms with Crippen LogP contribution in [0.5, 0.6) is 28.7 Å². The second-order valence-electron chi connectivity index (χ2n) is 7.07. The number of carbonyl (C=O) groups excluding carboxylic acids is 2. The largest absolute Gasteiger partial charge is 0.493 e. The molecule has 174 valence electrons. The lowest BCUT2D eigenvalue weighted by molar-refractivity contribution is 0.0733. The van der Waals surface area contributed by atoms with Crippen LogP contribution in [0.15, 0.2) is 54.3 Å². The molecule has 0 fully saturated rings. The standard InChI is InChI=1S/C25H18Cl2O7/c1-30-21-10-14(11-22(31-2)24(21)32-3)25(29)33-15-5-6-16-19(12-15)34-20(23(16)28)9-13-4-7-17(26)18(27)8-13/h4-12H,1-3H3/b20-9-. The Labute approximate surface area is 205 Å². The molecule has 0 bridgehead atoms. The summed E-state index contributed by atoms with van der Waals surface area (Å²) in [5, 5.41) is 0.768. The molecular formula is C25H18Cl2O7. The number of allylic oxidation sites excluding steroid dienone is 1. The number of hydrogen-bond donors (Lipinski definition) is 0. The molecular weight excluding hydrogens is 483 g/mol. The summed E-state index contributed by atoms with van der Waals surface area (Å²) in [6.07, 6.45) is 1.56. The van der Waals surface area contributed by atoms with Crippen LogP contribution >= 0.6 is 23.2 Å². The smallest absolute Gasteiger partial charge is 0.343 e. The van der Waals surface area contributed by atoms with Crippen molar-refractivity contribution in [3.05, 3.63) is 81.0 Å². The average Bonchev–Trinajstić information content (AvgIpc) is 3.14. The number of halogens is 2. The summed E-state index contributed by atoms with van der Waals surface area (Å²) in [6.45, 7) is 0. The van der Waals surface area contributed by atoms with Gasteiger partial charge in [0.15, 0.2) is 17.3 Å². The van der Waals surface area contributed by atoms with Gasteiger partial charge in [-0.1, -0.05) is 29.3 Å². The third-order valence-corrected chi connectivity index (χ3v) is 5.73. The monoisotopic (exact) mass is 500 g/mol. The molecule has 0 amide bonds. The quantitative estimate of drug-likeness (QED) is 0.238. The Morgan fingerprint density at radius 1 is 0.882 bits per heavy atom. The minimum Gasteiger partial charge on any atom is -0.493 e. The van der Waals surface area contributed by atoms with Crippen LogP contribution in [0.3, 0.4) is 0 Å². The molecule has 1 aliphatic rings. The molecule has 7 nitrogen and oxygen atoms in total. The fourth-order valence-electron chi connectivity index (χ4n) is 3.35. The van der Waals surface area contributed by atoms with Crippen molar-refractivity contribution in [2.45, 2.75) is 0 Å². The summed E-state index contributed by atoms with van der Waals surface area (Å²) < 4.78 is 27.0. The summed E-state index contributed by atoms with van der Waals surface area (Å²) in [5.41, 5.74) is 1.19. The number of esters is 1. The molecule has 0 saturated heterocycles. The zero-order chi connectivity index (χ0) is 24.4. The van der Waals surface area contributed by atoms with E-state index in [2.05, 4.69) is 0 Å². The molecule has 4 rings (SSSR count). The third kappa shape index (κ3) is 4.53. The molecule has 3 aromatic carbocycles. The number of ketones is 1. The molecule has 1 heterocycles. The number of rotatable bonds is 6. The zero-order valence-electron chi connectivity index (χ0n) is 18.3. The van der Waals surface area contributed by atoms with Crippen molar-refractivity contribution in [2.24, 2.45) is 0 Å². The van der Waals surface area contributed by atoms with E-state index in [0.29, 0.717) is 38.4 Å². The summed E-state index contributed by atoms with van der Waals surface area (Å²) in [5.74, 6) is 0.600. The van der Waals surface area contributed by atoms with E-state index in [1.165, 1.54) is 51.7 Å². The first-order valence-corrected chi connectivity index (χ1v) is 10.7. The number of methoxy groups -OCH3 is 3. The predicted octanol–water partition coefficient (Wildman–Crippen LogP) is 5.85. The topological polar surface area (TPSA) is 80.3 Å². The minimum absolute atomic E-state index is 0.112. The number of carbonyl (C=O) groups is 2. The first-order valence-electron chi connectivity index (χ1n) is 9.90. The van der Waals surface area contributed by atoms with E-state index in [9.17, 15) is 9.59 Å². The molecule has 0 N–H and O–H groups in total. The van der Waals surface area contributed by atoms with E-state index in [4.69, 9.17) is 46.9 Å². The van der Waals surface area contributed by atoms with Gasteiger partial charge < -0.3 is 23.7 Å². The minimum atomic E-state index is -0.657. The normalized spacial score (nSPS) is 13.3. The van der Waals surface area contributed by atoms with Crippen molar-refractivity contribution in [2.75, 3.05) is 21.3 Å². The van der Waals surface area contributed by atoms with Gasteiger partial charge in [-0.2, -0.15) is 0 Å². The maximum absolute atomic E-state index is 12.8. The average molecular weight is 501 g/mol. The first kappa shape index (κ1) is 23.5. The van der Waals surface area contributed by atoms with Crippen molar-refractivity contribution >= 4 is 41.0 Å². The van der Waals surface area contributed by atoms with E-state index in [-0.39, 0.29) is 28.6 Å². The number of Topliss-reactive ketones (excluding diaryl/α,β-unsaturated/α-hetero) is 1. The van der Waals surface area contributed by atoms with Gasteiger partial charge in [-0.3, -0.25) is 4.79 Å². The molecule has 3 aromatic rings. The van der Waals surface area contributed by atoms with Crippen LogP contribution in [0.1, 0.15) is 26.3 Å². The van der Waals surface area contributed by atoms with Crippen molar-refractivity contribution in [1.82, 2.24) is 0 Å². The lowest BCUT2D eigenvalue weighted by atomic mass is 10.1. The van der Waals surface area contributed by atoms with Gasteiger partial charge in [-0.25, -0.2) is 4.79 Å². The number of hydrogen-bond acceptors (Lipinski definition) is 7. The van der Waals surface area contributed by atoms with E-state index < -0.39 is 5.97 Å². The number of fused-ring (bicyclic) bond motifs is 1. The maximum Gasteiger partial charge on any atom is 0.343 e. The molecule has 0 radical (unpaired) electrons. The molecule has 34 heavy (non-hydrogen) atoms. The second-order valence-corrected chi connectivity index (χ2v) is 7.89. The highest BCUT2D eigenvalue weighted by molar-refractivity contribution is 6.42. The third-order valence-electron chi connectivity index (χ3n) is 4.99. The Bertz CT molecular complexity index is 1310. The Balaban J connectivity index is 1.57.